The van der Waals surface area contributed by atoms with E-state index in [4.69, 9.17) is 23.7 Å². The number of carbonyl (C=O) groups excluding carboxylic acids is 5. The number of ether oxygens (including phenoxy) is 5. The largest absolute Gasteiger partial charge is 0.456 e. The number of hydrogen-bond acceptors (Lipinski definition) is 10. The number of benzene rings is 5. The lowest BCUT2D eigenvalue weighted by Gasteiger charge is -2.23. The second-order valence-corrected chi connectivity index (χ2v) is 30.4. The predicted octanol–water partition coefficient (Wildman–Crippen LogP) is 16.9. The van der Waals surface area contributed by atoms with Gasteiger partial charge in [0.2, 0.25) is 0 Å². The summed E-state index contributed by atoms with van der Waals surface area (Å²) >= 11 is 0. The Morgan fingerprint density at radius 1 is 0.292 bits per heavy atom. The smallest absolute Gasteiger partial charge is 0.338 e. The third-order valence-corrected chi connectivity index (χ3v) is 11.2. The van der Waals surface area contributed by atoms with Gasteiger partial charge in [0, 0.05) is 0 Å². The van der Waals surface area contributed by atoms with Gasteiger partial charge < -0.3 is 46.1 Å². The van der Waals surface area contributed by atoms with E-state index in [0.717, 1.165) is 61.1 Å². The van der Waals surface area contributed by atoms with E-state index < -0.39 is 0 Å². The highest BCUT2D eigenvalue weighted by atomic mass is 16.5. The van der Waals surface area contributed by atoms with Crippen LogP contribution in [-0.2, 0) is 23.7 Å². The van der Waals surface area contributed by atoms with Gasteiger partial charge in [-0.25, -0.2) is 24.0 Å². The molecule has 5 rings (SSSR count). The molecule has 0 spiro atoms. The van der Waals surface area contributed by atoms with Crippen LogP contribution in [0, 0.1) is 11.3 Å². The molecule has 0 N–H and O–H groups in total. The van der Waals surface area contributed by atoms with Crippen LogP contribution in [0.3, 0.4) is 0 Å². The van der Waals surface area contributed by atoms with Gasteiger partial charge in [0.05, 0.1) is 134 Å². The van der Waals surface area contributed by atoms with E-state index in [-0.39, 0.29) is 29.8 Å². The van der Waals surface area contributed by atoms with Crippen LogP contribution in [0.4, 0.5) is 0 Å². The lowest BCUT2D eigenvalue weighted by molar-refractivity contribution is -0.870. The lowest BCUT2D eigenvalue weighted by atomic mass is 10.0. The molecule has 5 aromatic rings. The molecule has 0 aliphatic rings. The standard InChI is InChI=1S/5C12H18NO2.2C5H12.2C4H10.C3H8/c5*1-13(2,3)9-10-15-12(14)11-7-5-4-6-8-11;1-5(2,3)4;1-3-5-4-2;1-4(2)3;1-3-4-2;1-3-2/h5*4-8H,9-10H2,1-3H3;1-4H3;3-5H2,1-2H3;4H,1-3H3;3-4H2,1-2H3;3H2,1-2H3/q5*+1;;;;;. The summed E-state index contributed by atoms with van der Waals surface area (Å²) in [5, 5.41) is 0. The van der Waals surface area contributed by atoms with E-state index in [9.17, 15) is 24.0 Å². The number of esters is 5. The molecule has 15 nitrogen and oxygen atoms in total. The third-order valence-electron chi connectivity index (χ3n) is 11.2. The molecule has 5 aromatic carbocycles. The van der Waals surface area contributed by atoms with E-state index in [1.807, 2.05) is 91.0 Å². The van der Waals surface area contributed by atoms with Crippen molar-refractivity contribution in [1.82, 2.24) is 0 Å². The molecule has 0 radical (unpaired) electrons. The van der Waals surface area contributed by atoms with Crippen molar-refractivity contribution in [3.63, 3.8) is 0 Å². The number of carbonyl (C=O) groups is 5. The zero-order valence-electron chi connectivity index (χ0n) is 66.1. The van der Waals surface area contributed by atoms with Crippen molar-refractivity contribution in [3.8, 4) is 0 Å². The van der Waals surface area contributed by atoms with Crippen LogP contribution in [0.25, 0.3) is 0 Å². The van der Waals surface area contributed by atoms with Gasteiger partial charge in [-0.2, -0.15) is 0 Å². The van der Waals surface area contributed by atoms with Gasteiger partial charge in [0.25, 0.3) is 0 Å². The molecule has 546 valence electrons. The van der Waals surface area contributed by atoms with Crippen LogP contribution < -0.4 is 0 Å². The van der Waals surface area contributed by atoms with E-state index in [1.165, 1.54) is 38.5 Å². The van der Waals surface area contributed by atoms with Crippen LogP contribution in [0.5, 0.6) is 0 Å². The Kier molecular flexibility index (Phi) is 58.5. The summed E-state index contributed by atoms with van der Waals surface area (Å²) in [5.41, 5.74) is 3.55. The summed E-state index contributed by atoms with van der Waals surface area (Å²) in [6, 6.07) is 45.3. The summed E-state index contributed by atoms with van der Waals surface area (Å²) in [6.45, 7) is 34.7. The Bertz CT molecular complexity index is 2210. The molecule has 15 heteroatoms. The van der Waals surface area contributed by atoms with Gasteiger partial charge in [-0.1, -0.05) is 220 Å². The predicted molar refractivity (Wildman–Crippen MR) is 406 cm³/mol. The van der Waals surface area contributed by atoms with Crippen molar-refractivity contribution < 1.29 is 70.1 Å². The average molecular weight is 1350 g/mol. The van der Waals surface area contributed by atoms with Crippen molar-refractivity contribution in [1.29, 1.82) is 0 Å². The highest BCUT2D eigenvalue weighted by Crippen LogP contribution is 2.09. The van der Waals surface area contributed by atoms with Gasteiger partial charge in [-0.15, -0.1) is 0 Å². The monoisotopic (exact) mass is 1350 g/mol. The molecule has 0 saturated heterocycles. The maximum absolute atomic E-state index is 11.5. The quantitative estimate of drug-likeness (QED) is 0.0354. The molecule has 96 heavy (non-hydrogen) atoms. The van der Waals surface area contributed by atoms with Crippen molar-refractivity contribution in [3.05, 3.63) is 179 Å². The van der Waals surface area contributed by atoms with E-state index >= 15 is 0 Å². The molecule has 0 amide bonds. The minimum atomic E-state index is -0.246. The van der Waals surface area contributed by atoms with Crippen molar-refractivity contribution in [2.24, 2.45) is 11.3 Å². The van der Waals surface area contributed by atoms with Crippen LogP contribution in [-0.4, -0.2) is 224 Å². The van der Waals surface area contributed by atoms with Gasteiger partial charge in [0.15, 0.2) is 0 Å². The summed E-state index contributed by atoms with van der Waals surface area (Å²) < 4.78 is 29.7. The fourth-order valence-corrected chi connectivity index (χ4v) is 5.70. The second-order valence-electron chi connectivity index (χ2n) is 30.4. The molecule has 0 atom stereocenters. The molecule has 0 heterocycles. The van der Waals surface area contributed by atoms with Gasteiger partial charge in [0.1, 0.15) is 65.8 Å². The maximum Gasteiger partial charge on any atom is 0.338 e. The number of likely N-dealkylation sites (N-methyl/N-ethyl adjacent to an activating group) is 5. The third kappa shape index (κ3) is 78.0. The molecule has 0 aliphatic heterocycles. The van der Waals surface area contributed by atoms with Crippen LogP contribution in [0.1, 0.15) is 180 Å². The summed E-state index contributed by atoms with van der Waals surface area (Å²) in [5.74, 6) is -0.398. The second kappa shape index (κ2) is 57.3. The first kappa shape index (κ1) is 97.9. The van der Waals surface area contributed by atoms with Crippen LogP contribution in [0.15, 0.2) is 152 Å². The highest BCUT2D eigenvalue weighted by molar-refractivity contribution is 5.91. The first-order valence-corrected chi connectivity index (χ1v) is 34.6. The zero-order chi connectivity index (χ0) is 74.9. The Morgan fingerprint density at radius 2 is 0.417 bits per heavy atom. The van der Waals surface area contributed by atoms with Gasteiger partial charge in [-0.3, -0.25) is 0 Å². The number of nitrogens with zero attached hydrogens (tertiary/aromatic N) is 5. The normalized spacial score (nSPS) is 10.6. The molecule has 0 aromatic heterocycles. The Balaban J connectivity index is -0.000000334. The first-order chi connectivity index (χ1) is 44.4. The average Bonchev–Trinajstić information content (AvgIpc) is 1.05. The molecular weight excluding hydrogens is 1200 g/mol. The van der Waals surface area contributed by atoms with Crippen molar-refractivity contribution in [2.75, 3.05) is 171 Å². The highest BCUT2D eigenvalue weighted by Gasteiger charge is 2.15. The molecule has 0 unspecified atom stereocenters. The Hall–Kier alpha value is -6.75. The van der Waals surface area contributed by atoms with Crippen molar-refractivity contribution >= 4 is 29.8 Å². The van der Waals surface area contributed by atoms with Crippen LogP contribution >= 0.6 is 0 Å². The topological polar surface area (TPSA) is 132 Å². The zero-order valence-corrected chi connectivity index (χ0v) is 66.1. The van der Waals surface area contributed by atoms with Crippen molar-refractivity contribution in [2.45, 2.75) is 129 Å². The SMILES string of the molecule is CC(C)(C)C.CC(C)C.CCC.CCCC.CCCCC.C[N+](C)(C)CCOC(=O)c1ccccc1.C[N+](C)(C)CCOC(=O)c1ccccc1.C[N+](C)(C)CCOC(=O)c1ccccc1.C[N+](C)(C)CCOC(=O)c1ccccc1.C[N+](C)(C)CCOC(=O)c1ccccc1. The number of rotatable bonds is 23. The first-order valence-electron chi connectivity index (χ1n) is 34.6. The van der Waals surface area contributed by atoms with Gasteiger partial charge in [-0.05, 0) is 72.0 Å². The minimum absolute atomic E-state index is 0.246. The molecule has 0 saturated carbocycles. The number of hydrogen-bond donors (Lipinski definition) is 0. The fraction of sp³-hybridized carbons (Fsp3) is 0.568. The molecule has 0 bridgehead atoms. The summed E-state index contributed by atoms with van der Waals surface area (Å²) in [4.78, 5) is 57.5. The van der Waals surface area contributed by atoms with E-state index in [2.05, 4.69) is 196 Å². The van der Waals surface area contributed by atoms with Gasteiger partial charge >= 0.3 is 29.8 Å². The maximum atomic E-state index is 11.5. The molecule has 0 aliphatic carbocycles. The number of unbranched alkanes of at least 4 members (excludes halogenated alkanes) is 3. The minimum Gasteiger partial charge on any atom is -0.456 e. The fourth-order valence-electron chi connectivity index (χ4n) is 5.70. The summed E-state index contributed by atoms with van der Waals surface area (Å²) in [7, 11) is 31.0. The molecule has 0 fully saturated rings. The van der Waals surface area contributed by atoms with Crippen LogP contribution in [0.2, 0.25) is 0 Å². The summed E-state index contributed by atoms with van der Waals surface area (Å²) in [6.07, 6.45) is 7.97. The lowest BCUT2D eigenvalue weighted by Crippen LogP contribution is -2.38. The van der Waals surface area contributed by atoms with E-state index in [0.29, 0.717) is 66.3 Å². The van der Waals surface area contributed by atoms with E-state index in [1.54, 1.807) is 60.7 Å². The Labute approximate surface area is 588 Å². The molecular formula is C81H142N5O10+5. The number of quaternary nitrogens is 5. The Morgan fingerprint density at radius 3 is 0.500 bits per heavy atom.